The quantitative estimate of drug-likeness (QED) is 0.218. The predicted molar refractivity (Wildman–Crippen MR) is 120 cm³/mol. The highest BCUT2D eigenvalue weighted by atomic mass is 35.5. The van der Waals surface area contributed by atoms with Crippen molar-refractivity contribution in [1.29, 1.82) is 0 Å². The summed E-state index contributed by atoms with van der Waals surface area (Å²) in [5.74, 6) is 1.06. The van der Waals surface area contributed by atoms with Crippen molar-refractivity contribution in [3.8, 4) is 17.1 Å². The molecule has 0 aliphatic carbocycles. The number of carbonyl (C=O) groups excluding carboxylic acids is 1. The lowest BCUT2D eigenvalue weighted by Crippen LogP contribution is -2.14. The number of carbonyl (C=O) groups is 1. The van der Waals surface area contributed by atoms with Crippen molar-refractivity contribution in [2.75, 3.05) is 18.2 Å². The summed E-state index contributed by atoms with van der Waals surface area (Å²) in [7, 11) is 1.59. The molecule has 0 spiro atoms. The second-order valence-corrected chi connectivity index (χ2v) is 7.54. The van der Waals surface area contributed by atoms with Gasteiger partial charge in [0, 0.05) is 23.9 Å². The van der Waals surface area contributed by atoms with Crippen LogP contribution in [-0.4, -0.2) is 38.5 Å². The Balaban J connectivity index is 1.71. The fourth-order valence-corrected chi connectivity index (χ4v) is 3.63. The van der Waals surface area contributed by atoms with Crippen LogP contribution >= 0.6 is 23.4 Å². The Morgan fingerprint density at radius 2 is 2.06 bits per heavy atom. The average molecular weight is 460 g/mol. The van der Waals surface area contributed by atoms with Gasteiger partial charge in [-0.2, -0.15) is 0 Å². The number of nitro benzene ring substituents is 1. The molecule has 0 saturated heterocycles. The number of benzene rings is 2. The van der Waals surface area contributed by atoms with Crippen molar-refractivity contribution in [2.24, 2.45) is 0 Å². The minimum atomic E-state index is -0.606. The van der Waals surface area contributed by atoms with Crippen LogP contribution in [0.25, 0.3) is 11.4 Å². The van der Waals surface area contributed by atoms with Crippen LogP contribution in [0.5, 0.6) is 5.75 Å². The van der Waals surface area contributed by atoms with Crippen molar-refractivity contribution >= 4 is 40.6 Å². The van der Waals surface area contributed by atoms with E-state index in [2.05, 4.69) is 22.1 Å². The molecule has 9 nitrogen and oxygen atoms in total. The molecule has 1 heterocycles. The van der Waals surface area contributed by atoms with Gasteiger partial charge >= 0.3 is 0 Å². The van der Waals surface area contributed by atoms with E-state index >= 15 is 0 Å². The third-order valence-corrected chi connectivity index (χ3v) is 5.42. The Hall–Kier alpha value is -3.37. The molecule has 0 atom stereocenters. The van der Waals surface area contributed by atoms with E-state index in [-0.39, 0.29) is 28.1 Å². The predicted octanol–water partition coefficient (Wildman–Crippen LogP) is 4.43. The minimum absolute atomic E-state index is 0.000891. The molecule has 3 rings (SSSR count). The van der Waals surface area contributed by atoms with Gasteiger partial charge in [-0.25, -0.2) is 0 Å². The average Bonchev–Trinajstić information content (AvgIpc) is 3.16. The van der Waals surface area contributed by atoms with Gasteiger partial charge in [-0.3, -0.25) is 19.5 Å². The normalized spacial score (nSPS) is 10.5. The molecule has 31 heavy (non-hydrogen) atoms. The highest BCUT2D eigenvalue weighted by Gasteiger charge is 2.17. The van der Waals surface area contributed by atoms with Crippen molar-refractivity contribution < 1.29 is 14.5 Å². The molecule has 3 aromatic rings. The molecule has 0 bridgehead atoms. The van der Waals surface area contributed by atoms with E-state index in [0.29, 0.717) is 17.5 Å². The third-order valence-electron chi connectivity index (χ3n) is 4.14. The minimum Gasteiger partial charge on any atom is -0.497 e. The van der Waals surface area contributed by atoms with Crippen molar-refractivity contribution in [2.45, 2.75) is 11.7 Å². The first-order valence-electron chi connectivity index (χ1n) is 8.98. The van der Waals surface area contributed by atoms with E-state index in [1.54, 1.807) is 13.2 Å². The smallest absolute Gasteiger partial charge is 0.289 e. The van der Waals surface area contributed by atoms with Crippen LogP contribution in [0.15, 0.2) is 60.3 Å². The number of aromatic nitrogens is 3. The van der Waals surface area contributed by atoms with Crippen LogP contribution in [0.2, 0.25) is 5.02 Å². The fourth-order valence-electron chi connectivity index (χ4n) is 2.70. The highest BCUT2D eigenvalue weighted by molar-refractivity contribution is 7.99. The van der Waals surface area contributed by atoms with Gasteiger partial charge in [0.15, 0.2) is 11.0 Å². The van der Waals surface area contributed by atoms with Gasteiger partial charge in [-0.05, 0) is 36.4 Å². The van der Waals surface area contributed by atoms with Crippen LogP contribution in [-0.2, 0) is 11.3 Å². The summed E-state index contributed by atoms with van der Waals surface area (Å²) < 4.78 is 7.02. The highest BCUT2D eigenvalue weighted by Crippen LogP contribution is 2.28. The number of nitrogens with one attached hydrogen (secondary N) is 1. The van der Waals surface area contributed by atoms with Crippen LogP contribution in [0.1, 0.15) is 0 Å². The van der Waals surface area contributed by atoms with E-state index < -0.39 is 4.92 Å². The second kappa shape index (κ2) is 10.1. The van der Waals surface area contributed by atoms with Gasteiger partial charge in [0.05, 0.1) is 17.8 Å². The Bertz CT molecular complexity index is 1120. The molecule has 1 amide bonds. The summed E-state index contributed by atoms with van der Waals surface area (Å²) >= 11 is 6.99. The number of allylic oxidation sites excluding steroid dienone is 1. The Labute approximate surface area is 187 Å². The van der Waals surface area contributed by atoms with Crippen molar-refractivity contribution in [3.05, 3.63) is 70.3 Å². The Kier molecular flexibility index (Phi) is 7.27. The maximum absolute atomic E-state index is 12.3. The maximum atomic E-state index is 12.3. The van der Waals surface area contributed by atoms with Crippen LogP contribution in [0.4, 0.5) is 11.4 Å². The number of thioether (sulfide) groups is 1. The molecule has 0 radical (unpaired) electrons. The summed E-state index contributed by atoms with van der Waals surface area (Å²) in [5, 5.41) is 22.6. The lowest BCUT2D eigenvalue weighted by atomic mass is 10.2. The largest absolute Gasteiger partial charge is 0.497 e. The Morgan fingerprint density at radius 3 is 2.71 bits per heavy atom. The SMILES string of the molecule is C=CCn1c(SCC(=O)Nc2ccc(Cl)c([N+](=O)[O-])c2)nnc1-c1ccc(OC)cc1. The summed E-state index contributed by atoms with van der Waals surface area (Å²) in [6, 6.07) is 11.5. The number of anilines is 1. The monoisotopic (exact) mass is 459 g/mol. The number of hydrogen-bond acceptors (Lipinski definition) is 7. The zero-order valence-electron chi connectivity index (χ0n) is 16.4. The lowest BCUT2D eigenvalue weighted by Gasteiger charge is -2.09. The molecular weight excluding hydrogens is 442 g/mol. The van der Waals surface area contributed by atoms with Crippen LogP contribution in [0, 0.1) is 10.1 Å². The zero-order valence-corrected chi connectivity index (χ0v) is 18.0. The summed E-state index contributed by atoms with van der Waals surface area (Å²) in [6.45, 7) is 4.23. The topological polar surface area (TPSA) is 112 Å². The van der Waals surface area contributed by atoms with E-state index in [1.165, 1.54) is 30.0 Å². The maximum Gasteiger partial charge on any atom is 0.289 e. The number of ether oxygens (including phenoxy) is 1. The fraction of sp³-hybridized carbons (Fsp3) is 0.150. The molecule has 1 aromatic heterocycles. The number of amides is 1. The van der Waals surface area contributed by atoms with Gasteiger partial charge in [0.25, 0.3) is 5.69 Å². The first-order chi connectivity index (χ1) is 14.9. The number of rotatable bonds is 9. The standard InChI is InChI=1S/C20H18ClN5O4S/c1-3-10-25-19(13-4-7-15(30-2)8-5-13)23-24-20(25)31-12-18(27)22-14-6-9-16(21)17(11-14)26(28)29/h3-9,11H,1,10,12H2,2H3,(H,22,27). The molecule has 160 valence electrons. The molecule has 1 N–H and O–H groups in total. The summed E-state index contributed by atoms with van der Waals surface area (Å²) in [6.07, 6.45) is 1.72. The number of halogens is 1. The number of hydrogen-bond donors (Lipinski definition) is 1. The molecule has 0 saturated carbocycles. The molecule has 11 heteroatoms. The van der Waals surface area contributed by atoms with E-state index in [9.17, 15) is 14.9 Å². The Morgan fingerprint density at radius 1 is 1.32 bits per heavy atom. The molecule has 0 aliphatic rings. The first kappa shape index (κ1) is 22.3. The van der Waals surface area contributed by atoms with Gasteiger partial charge in [0.2, 0.25) is 5.91 Å². The number of nitrogens with zero attached hydrogens (tertiary/aromatic N) is 4. The second-order valence-electron chi connectivity index (χ2n) is 6.19. The molecule has 0 unspecified atom stereocenters. The van der Waals surface area contributed by atoms with E-state index in [4.69, 9.17) is 16.3 Å². The van der Waals surface area contributed by atoms with Crippen molar-refractivity contribution in [3.63, 3.8) is 0 Å². The molecule has 0 fully saturated rings. The first-order valence-corrected chi connectivity index (χ1v) is 10.3. The number of methoxy groups -OCH3 is 1. The van der Waals surface area contributed by atoms with Gasteiger partial charge in [-0.15, -0.1) is 16.8 Å². The van der Waals surface area contributed by atoms with E-state index in [1.807, 2.05) is 28.8 Å². The van der Waals surface area contributed by atoms with Gasteiger partial charge < -0.3 is 10.1 Å². The summed E-state index contributed by atoms with van der Waals surface area (Å²) in [4.78, 5) is 22.7. The van der Waals surface area contributed by atoms with Crippen LogP contribution < -0.4 is 10.1 Å². The summed E-state index contributed by atoms with van der Waals surface area (Å²) in [5.41, 5.74) is 0.857. The van der Waals surface area contributed by atoms with Gasteiger partial charge in [0.1, 0.15) is 10.8 Å². The molecular formula is C20H18ClN5O4S. The van der Waals surface area contributed by atoms with Crippen molar-refractivity contribution in [1.82, 2.24) is 14.8 Å². The molecule has 0 aliphatic heterocycles. The van der Waals surface area contributed by atoms with Crippen LogP contribution in [0.3, 0.4) is 0 Å². The number of nitro groups is 1. The van der Waals surface area contributed by atoms with E-state index in [0.717, 1.165) is 11.3 Å². The third kappa shape index (κ3) is 5.41. The molecule has 2 aromatic carbocycles. The van der Waals surface area contributed by atoms with Gasteiger partial charge in [-0.1, -0.05) is 29.4 Å². The lowest BCUT2D eigenvalue weighted by molar-refractivity contribution is -0.384. The zero-order chi connectivity index (χ0) is 22.4.